The van der Waals surface area contributed by atoms with E-state index in [-0.39, 0.29) is 0 Å². The third kappa shape index (κ3) is 3.41. The van der Waals surface area contributed by atoms with Crippen molar-refractivity contribution >= 4 is 31.3 Å². The summed E-state index contributed by atoms with van der Waals surface area (Å²) >= 11 is 1.68. The van der Waals surface area contributed by atoms with Gasteiger partial charge in [-0.25, -0.2) is 14.0 Å². The van der Waals surface area contributed by atoms with E-state index >= 15 is 0 Å². The van der Waals surface area contributed by atoms with Gasteiger partial charge in [0.1, 0.15) is 0 Å². The molecule has 0 saturated carbocycles. The number of aromatic nitrogens is 1. The van der Waals surface area contributed by atoms with Gasteiger partial charge in [0.05, 0.1) is 25.5 Å². The van der Waals surface area contributed by atoms with Gasteiger partial charge in [-0.2, -0.15) is 0 Å². The Bertz CT molecular complexity index is 1060. The van der Waals surface area contributed by atoms with Crippen molar-refractivity contribution in [2.24, 2.45) is 0 Å². The largest absolute Gasteiger partial charge is 0.296 e. The number of rotatable bonds is 3. The molecule has 6 heteroatoms. The summed E-state index contributed by atoms with van der Waals surface area (Å²) in [6, 6.07) is 12.8. The van der Waals surface area contributed by atoms with Gasteiger partial charge in [0.15, 0.2) is 0 Å². The molecule has 3 aromatic rings. The lowest BCUT2D eigenvalue weighted by molar-refractivity contribution is 0.221. The van der Waals surface area contributed by atoms with Crippen LogP contribution in [0.1, 0.15) is 29.7 Å². The second-order valence-electron chi connectivity index (χ2n) is 7.07. The standard InChI is InChI=1S/C20H23N3OS2/c1-14(16-4-6-20-19(12-16)22-13-25-20)23-9-7-15-3-5-18(26(2,21)24)11-17(15)8-10-23/h3-6,11-14,21H,7-10H2,1-2H3/t14-,26+/m1/s1. The molecule has 0 aliphatic carbocycles. The summed E-state index contributed by atoms with van der Waals surface area (Å²) in [5.41, 5.74) is 6.85. The fourth-order valence-corrected chi connectivity index (χ4v) is 5.05. The van der Waals surface area contributed by atoms with Crippen molar-refractivity contribution in [1.82, 2.24) is 9.88 Å². The number of nitrogens with zero attached hydrogens (tertiary/aromatic N) is 2. The number of thiazole rings is 1. The molecule has 0 radical (unpaired) electrons. The SMILES string of the molecule is C[C@H](c1ccc2scnc2c1)N1CCc2ccc([S@@](C)(=N)=O)cc2CC1. The van der Waals surface area contributed by atoms with Gasteiger partial charge in [-0.3, -0.25) is 4.90 Å². The Morgan fingerprint density at radius 2 is 1.92 bits per heavy atom. The second-order valence-corrected chi connectivity index (χ2v) is 10.1. The van der Waals surface area contributed by atoms with E-state index in [1.54, 1.807) is 11.3 Å². The van der Waals surface area contributed by atoms with Gasteiger partial charge in [0.25, 0.3) is 0 Å². The van der Waals surface area contributed by atoms with Gasteiger partial charge < -0.3 is 0 Å². The molecular formula is C20H23N3OS2. The van der Waals surface area contributed by atoms with Crippen LogP contribution in [0.2, 0.25) is 0 Å². The molecule has 0 spiro atoms. The zero-order chi connectivity index (χ0) is 18.3. The highest BCUT2D eigenvalue weighted by Crippen LogP contribution is 2.28. The molecule has 1 aliphatic heterocycles. The molecule has 0 unspecified atom stereocenters. The monoisotopic (exact) mass is 385 g/mol. The van der Waals surface area contributed by atoms with E-state index in [9.17, 15) is 4.21 Å². The molecule has 4 nitrogen and oxygen atoms in total. The maximum absolute atomic E-state index is 12.1. The first kappa shape index (κ1) is 17.6. The lowest BCUT2D eigenvalue weighted by atomic mass is 10.0. The molecule has 2 heterocycles. The van der Waals surface area contributed by atoms with Crippen LogP contribution in [0.5, 0.6) is 0 Å². The summed E-state index contributed by atoms with van der Waals surface area (Å²) < 4.78 is 21.1. The van der Waals surface area contributed by atoms with Gasteiger partial charge in [-0.1, -0.05) is 12.1 Å². The molecule has 1 aliphatic rings. The third-order valence-corrected chi connectivity index (χ3v) is 7.31. The number of hydrogen-bond acceptors (Lipinski definition) is 5. The summed E-state index contributed by atoms with van der Waals surface area (Å²) in [6.07, 6.45) is 3.41. The van der Waals surface area contributed by atoms with Crippen molar-refractivity contribution in [3.8, 4) is 0 Å². The first-order valence-electron chi connectivity index (χ1n) is 8.84. The molecule has 1 N–H and O–H groups in total. The van der Waals surface area contributed by atoms with Crippen LogP contribution in [0.4, 0.5) is 0 Å². The van der Waals surface area contributed by atoms with E-state index < -0.39 is 9.73 Å². The zero-order valence-corrected chi connectivity index (χ0v) is 16.7. The molecule has 26 heavy (non-hydrogen) atoms. The molecule has 2 aromatic carbocycles. The summed E-state index contributed by atoms with van der Waals surface area (Å²) in [5.74, 6) is 0. The Labute approximate surface area is 158 Å². The predicted octanol–water partition coefficient (Wildman–Crippen LogP) is 4.49. The van der Waals surface area contributed by atoms with Gasteiger partial charge in [-0.15, -0.1) is 11.3 Å². The highest BCUT2D eigenvalue weighted by molar-refractivity contribution is 7.91. The van der Waals surface area contributed by atoms with Crippen LogP contribution in [-0.4, -0.2) is 33.4 Å². The molecule has 0 bridgehead atoms. The van der Waals surface area contributed by atoms with Crippen molar-refractivity contribution < 1.29 is 4.21 Å². The average Bonchev–Trinajstić information content (AvgIpc) is 2.98. The molecule has 0 amide bonds. The molecule has 0 fully saturated rings. The van der Waals surface area contributed by atoms with Crippen LogP contribution in [0.25, 0.3) is 10.2 Å². The number of benzene rings is 2. The average molecular weight is 386 g/mol. The van der Waals surface area contributed by atoms with Gasteiger partial charge in [0.2, 0.25) is 0 Å². The molecule has 0 saturated heterocycles. The minimum Gasteiger partial charge on any atom is -0.296 e. The topological polar surface area (TPSA) is 57.1 Å². The Kier molecular flexibility index (Phi) is 4.59. The van der Waals surface area contributed by atoms with E-state index in [2.05, 4.69) is 41.1 Å². The van der Waals surface area contributed by atoms with E-state index in [0.717, 1.165) is 31.4 Å². The highest BCUT2D eigenvalue weighted by Gasteiger charge is 2.21. The fourth-order valence-electron chi connectivity index (χ4n) is 3.69. The van der Waals surface area contributed by atoms with E-state index in [1.807, 2.05) is 17.6 Å². The normalized spacial score (nSPS) is 18.8. The van der Waals surface area contributed by atoms with Crippen LogP contribution < -0.4 is 0 Å². The number of fused-ring (bicyclic) bond motifs is 2. The second kappa shape index (κ2) is 6.76. The van der Waals surface area contributed by atoms with E-state index in [4.69, 9.17) is 4.78 Å². The van der Waals surface area contributed by atoms with Crippen LogP contribution in [0, 0.1) is 4.78 Å². The molecule has 136 valence electrons. The Balaban J connectivity index is 1.56. The van der Waals surface area contributed by atoms with Crippen molar-refractivity contribution in [1.29, 1.82) is 4.78 Å². The summed E-state index contributed by atoms with van der Waals surface area (Å²) in [5, 5.41) is 0. The maximum Gasteiger partial charge on any atom is 0.0815 e. The van der Waals surface area contributed by atoms with Crippen molar-refractivity contribution in [3.05, 3.63) is 58.6 Å². The number of hydrogen-bond donors (Lipinski definition) is 1. The molecular weight excluding hydrogens is 362 g/mol. The first-order chi connectivity index (χ1) is 12.4. The predicted molar refractivity (Wildman–Crippen MR) is 109 cm³/mol. The Morgan fingerprint density at radius 3 is 2.69 bits per heavy atom. The van der Waals surface area contributed by atoms with Crippen molar-refractivity contribution in [3.63, 3.8) is 0 Å². The smallest absolute Gasteiger partial charge is 0.0815 e. The fraction of sp³-hybridized carbons (Fsp3) is 0.350. The van der Waals surface area contributed by atoms with E-state index in [0.29, 0.717) is 10.9 Å². The summed E-state index contributed by atoms with van der Waals surface area (Å²) in [7, 11) is -2.66. The molecule has 1 aromatic heterocycles. The maximum atomic E-state index is 12.1. The summed E-state index contributed by atoms with van der Waals surface area (Å²) in [6.45, 7) is 4.23. The Hall–Kier alpha value is -1.76. The van der Waals surface area contributed by atoms with Crippen LogP contribution >= 0.6 is 11.3 Å². The zero-order valence-electron chi connectivity index (χ0n) is 15.1. The third-order valence-electron chi connectivity index (χ3n) is 5.35. The quantitative estimate of drug-likeness (QED) is 0.722. The Morgan fingerprint density at radius 1 is 1.15 bits per heavy atom. The molecule has 2 atom stereocenters. The van der Waals surface area contributed by atoms with Crippen molar-refractivity contribution in [2.45, 2.75) is 30.7 Å². The van der Waals surface area contributed by atoms with E-state index in [1.165, 1.54) is 27.6 Å². The molecule has 4 rings (SSSR count). The lowest BCUT2D eigenvalue weighted by Gasteiger charge is -2.28. The lowest BCUT2D eigenvalue weighted by Crippen LogP contribution is -2.29. The van der Waals surface area contributed by atoms with Gasteiger partial charge in [0, 0.05) is 30.3 Å². The van der Waals surface area contributed by atoms with Crippen LogP contribution in [-0.2, 0) is 22.6 Å². The minimum absolute atomic E-state index is 0.335. The first-order valence-corrected chi connectivity index (χ1v) is 11.7. The van der Waals surface area contributed by atoms with Gasteiger partial charge >= 0.3 is 0 Å². The highest BCUT2D eigenvalue weighted by atomic mass is 32.2. The number of nitrogens with one attached hydrogen (secondary N) is 1. The van der Waals surface area contributed by atoms with Gasteiger partial charge in [-0.05, 0) is 60.7 Å². The van der Waals surface area contributed by atoms with Crippen LogP contribution in [0.3, 0.4) is 0 Å². The van der Waals surface area contributed by atoms with Crippen molar-refractivity contribution in [2.75, 3.05) is 19.3 Å². The summed E-state index contributed by atoms with van der Waals surface area (Å²) in [4.78, 5) is 7.60. The minimum atomic E-state index is -2.66. The van der Waals surface area contributed by atoms with Crippen LogP contribution in [0.15, 0.2) is 46.8 Å².